The summed E-state index contributed by atoms with van der Waals surface area (Å²) in [5.41, 5.74) is 0.824. The molecule has 266 valence electrons. The van der Waals surface area contributed by atoms with E-state index in [1.165, 1.54) is 9.70 Å². The van der Waals surface area contributed by atoms with Crippen molar-refractivity contribution < 1.29 is 29.0 Å². The highest BCUT2D eigenvalue weighted by Gasteiger charge is 2.61. The first-order valence-corrected chi connectivity index (χ1v) is 17.3. The van der Waals surface area contributed by atoms with Crippen LogP contribution in [0.5, 0.6) is 0 Å². The molecule has 0 bridgehead atoms. The number of tetrazole rings is 1. The Morgan fingerprint density at radius 3 is 2.57 bits per heavy atom. The zero-order valence-electron chi connectivity index (χ0n) is 28.9. The summed E-state index contributed by atoms with van der Waals surface area (Å²) in [4.78, 5) is 56.4. The van der Waals surface area contributed by atoms with Gasteiger partial charge in [0, 0.05) is 24.4 Å². The van der Waals surface area contributed by atoms with Crippen LogP contribution in [0.25, 0.3) is 22.5 Å². The number of nitrogens with one attached hydrogen (secondary N) is 2. The molecule has 14 heteroatoms. The summed E-state index contributed by atoms with van der Waals surface area (Å²) in [6.07, 6.45) is 6.77. The largest absolute Gasteiger partial charge is 0.479 e. The number of alkyl carbamates (subject to hydrolysis) is 1. The minimum Gasteiger partial charge on any atom is -0.479 e. The van der Waals surface area contributed by atoms with Gasteiger partial charge in [0.05, 0.1) is 17.7 Å². The maximum Gasteiger partial charge on any atom is 0.408 e. The predicted octanol–water partition coefficient (Wildman–Crippen LogP) is 4.39. The smallest absolute Gasteiger partial charge is 0.408 e. The van der Waals surface area contributed by atoms with Gasteiger partial charge in [-0.15, -0.1) is 10.2 Å². The van der Waals surface area contributed by atoms with Crippen molar-refractivity contribution in [2.45, 2.75) is 95.0 Å². The van der Waals surface area contributed by atoms with Crippen LogP contribution in [0.2, 0.25) is 0 Å². The third kappa shape index (κ3) is 7.93. The molecule has 3 heterocycles. The maximum absolute atomic E-state index is 14.3. The van der Waals surface area contributed by atoms with Gasteiger partial charge < -0.3 is 25.4 Å². The van der Waals surface area contributed by atoms with Crippen molar-refractivity contribution in [3.8, 4) is 28.6 Å². The fourth-order valence-corrected chi connectivity index (χ4v) is 6.77. The molecule has 2 aromatic carbocycles. The summed E-state index contributed by atoms with van der Waals surface area (Å²) in [5, 5.41) is 38.0. The molecule has 14 nitrogen and oxygen atoms in total. The molecule has 51 heavy (non-hydrogen) atoms. The first kappa shape index (κ1) is 35.3. The van der Waals surface area contributed by atoms with E-state index in [0.29, 0.717) is 29.8 Å². The Morgan fingerprint density at radius 1 is 1.08 bits per heavy atom. The molecule has 0 spiro atoms. The number of nitriles is 1. The molecule has 3 aliphatic rings. The minimum absolute atomic E-state index is 0.0356. The average Bonchev–Trinajstić information content (AvgIpc) is 3.40. The molecule has 2 fully saturated rings. The van der Waals surface area contributed by atoms with Crippen LogP contribution in [0.15, 0.2) is 60.7 Å². The number of rotatable bonds is 5. The number of hydrogen-bond donors (Lipinski definition) is 3. The van der Waals surface area contributed by atoms with Gasteiger partial charge in [0.25, 0.3) is 0 Å². The second-order valence-corrected chi connectivity index (χ2v) is 14.4. The second-order valence-electron chi connectivity index (χ2n) is 14.4. The molecule has 1 saturated carbocycles. The number of carboxylic acid groups (broad SMARTS) is 1. The van der Waals surface area contributed by atoms with Crippen molar-refractivity contribution >= 4 is 23.9 Å². The number of hydrogen-bond acceptors (Lipinski definition) is 9. The maximum atomic E-state index is 14.3. The number of ether oxygens (including phenoxy) is 1. The van der Waals surface area contributed by atoms with Gasteiger partial charge in [0.15, 0.2) is 0 Å². The molecule has 0 radical (unpaired) electrons. The van der Waals surface area contributed by atoms with Crippen LogP contribution >= 0.6 is 0 Å². The summed E-state index contributed by atoms with van der Waals surface area (Å²) < 4.78 is 5.47. The molecule has 3 amide bonds. The lowest BCUT2D eigenvalue weighted by molar-refractivity contribution is -0.145. The molecule has 0 unspecified atom stereocenters. The van der Waals surface area contributed by atoms with Gasteiger partial charge in [-0.2, -0.15) is 10.1 Å². The van der Waals surface area contributed by atoms with Crippen molar-refractivity contribution in [2.75, 3.05) is 6.54 Å². The van der Waals surface area contributed by atoms with Crippen LogP contribution in [0.4, 0.5) is 4.79 Å². The first-order chi connectivity index (χ1) is 24.4. The zero-order chi connectivity index (χ0) is 36.3. The number of nitrogens with zero attached hydrogens (tertiary/aromatic N) is 6. The lowest BCUT2D eigenvalue weighted by atomic mass is 10.0. The van der Waals surface area contributed by atoms with E-state index in [4.69, 9.17) is 10.00 Å². The lowest BCUT2D eigenvalue weighted by Crippen LogP contribution is -2.56. The molecule has 1 aliphatic carbocycles. The Hall–Kier alpha value is -5.58. The van der Waals surface area contributed by atoms with E-state index in [1.807, 2.05) is 48.6 Å². The number of aromatic nitrogens is 4. The Bertz CT molecular complexity index is 1880. The van der Waals surface area contributed by atoms with E-state index in [2.05, 4.69) is 32.1 Å². The highest BCUT2D eigenvalue weighted by Crippen LogP contribution is 2.45. The van der Waals surface area contributed by atoms with Crippen molar-refractivity contribution in [3.05, 3.63) is 66.2 Å². The van der Waals surface area contributed by atoms with Gasteiger partial charge in [0.1, 0.15) is 23.2 Å². The van der Waals surface area contributed by atoms with Crippen LogP contribution < -0.4 is 10.6 Å². The summed E-state index contributed by atoms with van der Waals surface area (Å²) in [5.74, 6) is -2.20. The summed E-state index contributed by atoms with van der Waals surface area (Å²) in [6, 6.07) is 14.3. The standard InChI is InChI=1S/C37H42N8O6/c1-36(2,3)51-35(50)39-29-13-8-6-4-5-7-12-27-20-37(27,34(48)49)40-32(46)30-19-28(22-44(30)33(29)47)45-42-31(41-43-45)26-11-9-10-25(18-26)24-16-14-23(21-38)15-17-24/h7,9-12,14-18,27-30H,4-6,8,13,19-20,22H2,1-3H3,(H,39,50)(H,40,46)(H,48,49)/b12-7-/t27-,28-,29+,30+,37-/m1/s1. The monoisotopic (exact) mass is 694 g/mol. The predicted molar refractivity (Wildman–Crippen MR) is 185 cm³/mol. The third-order valence-corrected chi connectivity index (χ3v) is 9.55. The van der Waals surface area contributed by atoms with Crippen LogP contribution in [-0.4, -0.2) is 83.9 Å². The highest BCUT2D eigenvalue weighted by molar-refractivity contribution is 5.96. The molecule has 6 rings (SSSR count). The Balaban J connectivity index is 1.28. The SMILES string of the molecule is CC(C)(C)OC(=O)N[C@H]1CCCCC/C=C\[C@@H]2C[C@@]2(C(=O)O)NC(=O)[C@@H]2C[C@@H](n3nnc(-c4cccc(-c5ccc(C#N)cc5)c4)n3)CN2C1=O. The highest BCUT2D eigenvalue weighted by atomic mass is 16.6. The van der Waals surface area contributed by atoms with Crippen LogP contribution in [0.3, 0.4) is 0 Å². The number of allylic oxidation sites excluding steroid dienone is 1. The number of aliphatic carboxylic acids is 1. The quantitative estimate of drug-likeness (QED) is 0.323. The van der Waals surface area contributed by atoms with Gasteiger partial charge in [-0.3, -0.25) is 9.59 Å². The normalized spacial score (nSPS) is 26.0. The van der Waals surface area contributed by atoms with Crippen molar-refractivity contribution in [2.24, 2.45) is 5.92 Å². The molecule has 1 saturated heterocycles. The van der Waals surface area contributed by atoms with Gasteiger partial charge in [-0.25, -0.2) is 9.59 Å². The molecular formula is C37H42N8O6. The molecule has 1 aromatic heterocycles. The third-order valence-electron chi connectivity index (χ3n) is 9.55. The summed E-state index contributed by atoms with van der Waals surface area (Å²) in [7, 11) is 0. The van der Waals surface area contributed by atoms with Gasteiger partial charge in [-0.1, -0.05) is 55.3 Å². The van der Waals surface area contributed by atoms with Crippen molar-refractivity contribution in [3.63, 3.8) is 0 Å². The zero-order valence-corrected chi connectivity index (χ0v) is 28.9. The Kier molecular flexibility index (Phi) is 9.91. The Labute approximate surface area is 295 Å². The summed E-state index contributed by atoms with van der Waals surface area (Å²) in [6.45, 7) is 5.23. The molecule has 2 aliphatic heterocycles. The number of fused-ring (bicyclic) bond motifs is 2. The van der Waals surface area contributed by atoms with E-state index in [0.717, 1.165) is 30.4 Å². The van der Waals surface area contributed by atoms with Gasteiger partial charge in [-0.05, 0) is 81.0 Å². The first-order valence-electron chi connectivity index (χ1n) is 17.3. The number of benzene rings is 2. The summed E-state index contributed by atoms with van der Waals surface area (Å²) >= 11 is 0. The van der Waals surface area contributed by atoms with E-state index in [9.17, 15) is 24.3 Å². The van der Waals surface area contributed by atoms with Crippen molar-refractivity contribution in [1.82, 2.24) is 35.7 Å². The van der Waals surface area contributed by atoms with Crippen LogP contribution in [0, 0.1) is 17.2 Å². The topological polar surface area (TPSA) is 192 Å². The molecule has 3 N–H and O–H groups in total. The fraction of sp³-hybridized carbons (Fsp3) is 0.459. The fourth-order valence-electron chi connectivity index (χ4n) is 6.77. The van der Waals surface area contributed by atoms with E-state index < -0.39 is 53.1 Å². The van der Waals surface area contributed by atoms with E-state index in [1.54, 1.807) is 32.9 Å². The second kappa shape index (κ2) is 14.3. The molecular weight excluding hydrogens is 652 g/mol. The van der Waals surface area contributed by atoms with Gasteiger partial charge >= 0.3 is 12.1 Å². The van der Waals surface area contributed by atoms with E-state index in [-0.39, 0.29) is 25.3 Å². The van der Waals surface area contributed by atoms with Crippen molar-refractivity contribution in [1.29, 1.82) is 5.26 Å². The number of carbonyl (C=O) groups is 4. The average molecular weight is 695 g/mol. The minimum atomic E-state index is -1.45. The lowest BCUT2D eigenvalue weighted by Gasteiger charge is -2.30. The number of carbonyl (C=O) groups excluding carboxylic acids is 3. The molecule has 3 aromatic rings. The Morgan fingerprint density at radius 2 is 1.84 bits per heavy atom. The number of amides is 3. The van der Waals surface area contributed by atoms with Crippen LogP contribution in [-0.2, 0) is 19.1 Å². The van der Waals surface area contributed by atoms with Gasteiger partial charge in [0.2, 0.25) is 17.6 Å². The molecule has 5 atom stereocenters. The van der Waals surface area contributed by atoms with E-state index >= 15 is 0 Å². The van der Waals surface area contributed by atoms with Crippen LogP contribution in [0.1, 0.15) is 77.3 Å². The number of carboxylic acids is 1.